The van der Waals surface area contributed by atoms with Crippen LogP contribution in [0, 0.1) is 0 Å². The van der Waals surface area contributed by atoms with Crippen LogP contribution in [0.1, 0.15) is 36.0 Å². The molecule has 2 heterocycles. The SMILES string of the molecule is O=C(Nc1ccc(C(=O)N2CCCC2)cc1)C1CCCN1C(=O)Nc1ccc(Cl)cc1. The minimum absolute atomic E-state index is 0.0243. The molecule has 2 N–H and O–H groups in total. The fourth-order valence-electron chi connectivity index (χ4n) is 4.04. The zero-order valence-electron chi connectivity index (χ0n) is 17.1. The standard InChI is InChI=1S/C23H25ClN4O3/c24-17-7-11-19(12-8-17)26-23(31)28-15-3-4-20(28)21(29)25-18-9-5-16(6-10-18)22(30)27-13-1-2-14-27/h5-12,20H,1-4,13-15H2,(H,25,29)(H,26,31). The number of halogens is 1. The highest BCUT2D eigenvalue weighted by atomic mass is 35.5. The Balaban J connectivity index is 1.36. The van der Waals surface area contributed by atoms with Crippen LogP contribution in [0.25, 0.3) is 0 Å². The number of rotatable bonds is 4. The molecule has 2 aromatic carbocycles. The second-order valence-electron chi connectivity index (χ2n) is 7.85. The van der Waals surface area contributed by atoms with E-state index in [1.807, 2.05) is 4.90 Å². The van der Waals surface area contributed by atoms with Gasteiger partial charge in [-0.05, 0) is 74.2 Å². The lowest BCUT2D eigenvalue weighted by Gasteiger charge is -2.24. The van der Waals surface area contributed by atoms with Crippen molar-refractivity contribution < 1.29 is 14.4 Å². The number of likely N-dealkylation sites (tertiary alicyclic amines) is 2. The van der Waals surface area contributed by atoms with E-state index in [2.05, 4.69) is 10.6 Å². The Morgan fingerprint density at radius 1 is 0.806 bits per heavy atom. The first-order valence-electron chi connectivity index (χ1n) is 10.5. The molecule has 2 fully saturated rings. The van der Waals surface area contributed by atoms with E-state index < -0.39 is 6.04 Å². The lowest BCUT2D eigenvalue weighted by molar-refractivity contribution is -0.119. The van der Waals surface area contributed by atoms with Gasteiger partial charge in [-0.2, -0.15) is 0 Å². The molecule has 1 atom stereocenters. The summed E-state index contributed by atoms with van der Waals surface area (Å²) in [6.45, 7) is 2.11. The summed E-state index contributed by atoms with van der Waals surface area (Å²) >= 11 is 5.88. The number of benzene rings is 2. The molecule has 8 heteroatoms. The molecule has 1 unspecified atom stereocenters. The van der Waals surface area contributed by atoms with Crippen LogP contribution in [0.2, 0.25) is 5.02 Å². The number of nitrogens with zero attached hydrogens (tertiary/aromatic N) is 2. The second-order valence-corrected chi connectivity index (χ2v) is 8.29. The maximum atomic E-state index is 12.8. The lowest BCUT2D eigenvalue weighted by atomic mass is 10.1. The summed E-state index contributed by atoms with van der Waals surface area (Å²) in [6.07, 6.45) is 3.45. The summed E-state index contributed by atoms with van der Waals surface area (Å²) in [5.74, 6) is -0.210. The first kappa shape index (κ1) is 21.2. The van der Waals surface area contributed by atoms with Gasteiger partial charge in [-0.1, -0.05) is 11.6 Å². The van der Waals surface area contributed by atoms with Gasteiger partial charge >= 0.3 is 6.03 Å². The van der Waals surface area contributed by atoms with Gasteiger partial charge in [0.2, 0.25) is 5.91 Å². The highest BCUT2D eigenvalue weighted by Gasteiger charge is 2.34. The van der Waals surface area contributed by atoms with Crippen molar-refractivity contribution in [2.75, 3.05) is 30.3 Å². The molecule has 4 amide bonds. The van der Waals surface area contributed by atoms with Crippen molar-refractivity contribution in [3.8, 4) is 0 Å². The van der Waals surface area contributed by atoms with Crippen molar-refractivity contribution in [1.29, 1.82) is 0 Å². The molecule has 0 spiro atoms. The van der Waals surface area contributed by atoms with E-state index in [0.29, 0.717) is 34.9 Å². The van der Waals surface area contributed by atoms with E-state index in [-0.39, 0.29) is 17.8 Å². The predicted octanol–water partition coefficient (Wildman–Crippen LogP) is 4.21. The van der Waals surface area contributed by atoms with E-state index in [4.69, 9.17) is 11.6 Å². The average molecular weight is 441 g/mol. The van der Waals surface area contributed by atoms with E-state index in [1.165, 1.54) is 0 Å². The molecule has 2 aliphatic rings. The third-order valence-electron chi connectivity index (χ3n) is 5.70. The molecule has 162 valence electrons. The van der Waals surface area contributed by atoms with Crippen LogP contribution in [-0.2, 0) is 4.79 Å². The van der Waals surface area contributed by atoms with Gasteiger partial charge in [0.15, 0.2) is 0 Å². The van der Waals surface area contributed by atoms with Crippen LogP contribution in [0.5, 0.6) is 0 Å². The van der Waals surface area contributed by atoms with Crippen molar-refractivity contribution in [3.05, 3.63) is 59.1 Å². The topological polar surface area (TPSA) is 81.8 Å². The number of hydrogen-bond donors (Lipinski definition) is 2. The third-order valence-corrected chi connectivity index (χ3v) is 5.96. The van der Waals surface area contributed by atoms with Crippen LogP contribution >= 0.6 is 11.6 Å². The summed E-state index contributed by atoms with van der Waals surface area (Å²) < 4.78 is 0. The van der Waals surface area contributed by atoms with Gasteiger partial charge in [0.05, 0.1) is 0 Å². The maximum Gasteiger partial charge on any atom is 0.322 e. The highest BCUT2D eigenvalue weighted by Crippen LogP contribution is 2.22. The molecule has 0 radical (unpaired) electrons. The molecule has 0 bridgehead atoms. The second kappa shape index (κ2) is 9.39. The van der Waals surface area contributed by atoms with E-state index in [1.54, 1.807) is 53.4 Å². The summed E-state index contributed by atoms with van der Waals surface area (Å²) in [7, 11) is 0. The Bertz CT molecular complexity index is 956. The van der Waals surface area contributed by atoms with Gasteiger partial charge in [0, 0.05) is 41.6 Å². The van der Waals surface area contributed by atoms with E-state index in [0.717, 1.165) is 32.4 Å². The lowest BCUT2D eigenvalue weighted by Crippen LogP contribution is -2.45. The van der Waals surface area contributed by atoms with E-state index in [9.17, 15) is 14.4 Å². The zero-order chi connectivity index (χ0) is 21.8. The van der Waals surface area contributed by atoms with Crippen LogP contribution in [0.4, 0.5) is 16.2 Å². The molecule has 0 aliphatic carbocycles. The smallest absolute Gasteiger partial charge is 0.322 e. The zero-order valence-corrected chi connectivity index (χ0v) is 17.9. The normalized spacial score (nSPS) is 18.2. The molecule has 0 aromatic heterocycles. The Morgan fingerprint density at radius 3 is 2.10 bits per heavy atom. The predicted molar refractivity (Wildman–Crippen MR) is 120 cm³/mol. The number of amides is 4. The monoisotopic (exact) mass is 440 g/mol. The molecule has 31 heavy (non-hydrogen) atoms. The maximum absolute atomic E-state index is 12.8. The third kappa shape index (κ3) is 4.99. The summed E-state index contributed by atoms with van der Waals surface area (Å²) in [5, 5.41) is 6.27. The average Bonchev–Trinajstić information content (AvgIpc) is 3.48. The molecular weight excluding hydrogens is 416 g/mol. The number of urea groups is 1. The Kier molecular flexibility index (Phi) is 6.42. The molecule has 2 aliphatic heterocycles. The number of carbonyl (C=O) groups is 3. The summed E-state index contributed by atoms with van der Waals surface area (Å²) in [4.78, 5) is 41.4. The molecule has 7 nitrogen and oxygen atoms in total. The molecule has 4 rings (SSSR count). The quantitative estimate of drug-likeness (QED) is 0.747. The van der Waals surface area contributed by atoms with Crippen molar-refractivity contribution >= 4 is 40.8 Å². The number of nitrogens with one attached hydrogen (secondary N) is 2. The van der Waals surface area contributed by atoms with Gasteiger partial charge in [0.25, 0.3) is 5.91 Å². The molecular formula is C23H25ClN4O3. The van der Waals surface area contributed by atoms with Crippen LogP contribution in [0.15, 0.2) is 48.5 Å². The fourth-order valence-corrected chi connectivity index (χ4v) is 4.16. The summed E-state index contributed by atoms with van der Waals surface area (Å²) in [5.41, 5.74) is 1.84. The Labute approximate surface area is 186 Å². The minimum Gasteiger partial charge on any atom is -0.339 e. The van der Waals surface area contributed by atoms with Gasteiger partial charge in [-0.15, -0.1) is 0 Å². The summed E-state index contributed by atoms with van der Waals surface area (Å²) in [6, 6.07) is 12.9. The largest absolute Gasteiger partial charge is 0.339 e. The van der Waals surface area contributed by atoms with Gasteiger partial charge in [-0.3, -0.25) is 9.59 Å². The number of hydrogen-bond acceptors (Lipinski definition) is 3. The van der Waals surface area contributed by atoms with Crippen molar-refractivity contribution in [1.82, 2.24) is 9.80 Å². The Morgan fingerprint density at radius 2 is 1.42 bits per heavy atom. The van der Waals surface area contributed by atoms with Crippen molar-refractivity contribution in [3.63, 3.8) is 0 Å². The molecule has 2 aromatic rings. The number of anilines is 2. The minimum atomic E-state index is -0.543. The van der Waals surface area contributed by atoms with Crippen molar-refractivity contribution in [2.45, 2.75) is 31.7 Å². The van der Waals surface area contributed by atoms with Crippen molar-refractivity contribution in [2.24, 2.45) is 0 Å². The van der Waals surface area contributed by atoms with Gasteiger partial charge in [-0.25, -0.2) is 4.79 Å². The van der Waals surface area contributed by atoms with E-state index >= 15 is 0 Å². The van der Waals surface area contributed by atoms with Crippen LogP contribution in [-0.4, -0.2) is 53.3 Å². The first-order valence-corrected chi connectivity index (χ1v) is 10.9. The fraction of sp³-hybridized carbons (Fsp3) is 0.348. The number of carbonyl (C=O) groups excluding carboxylic acids is 3. The van der Waals surface area contributed by atoms with Gasteiger partial charge < -0.3 is 20.4 Å². The van der Waals surface area contributed by atoms with Gasteiger partial charge in [0.1, 0.15) is 6.04 Å². The molecule has 0 saturated carbocycles. The van der Waals surface area contributed by atoms with Crippen LogP contribution in [0.3, 0.4) is 0 Å². The van der Waals surface area contributed by atoms with Crippen LogP contribution < -0.4 is 10.6 Å². The Hall–Kier alpha value is -3.06. The highest BCUT2D eigenvalue weighted by molar-refractivity contribution is 6.30. The molecule has 2 saturated heterocycles. The first-order chi connectivity index (χ1) is 15.0.